The number of hydrogen-bond acceptors (Lipinski definition) is 7. The van der Waals surface area contributed by atoms with E-state index in [0.29, 0.717) is 78.2 Å². The summed E-state index contributed by atoms with van der Waals surface area (Å²) in [5, 5.41) is 6.03. The molecule has 9 nitrogen and oxygen atoms in total. The molecule has 0 atom stereocenters. The molecular formula is C33H32FN3O6. The molecule has 0 bridgehead atoms. The van der Waals surface area contributed by atoms with Gasteiger partial charge in [0, 0.05) is 29.7 Å². The molecule has 6 rings (SSSR count). The van der Waals surface area contributed by atoms with E-state index >= 15 is 4.39 Å². The van der Waals surface area contributed by atoms with Crippen molar-refractivity contribution in [2.75, 3.05) is 30.5 Å². The number of carbonyl (C=O) groups excluding carboxylic acids is 2. The molecule has 1 fully saturated rings. The van der Waals surface area contributed by atoms with Crippen LogP contribution in [0.5, 0.6) is 28.7 Å². The summed E-state index contributed by atoms with van der Waals surface area (Å²) >= 11 is 0. The zero-order valence-corrected chi connectivity index (χ0v) is 24.2. The van der Waals surface area contributed by atoms with E-state index < -0.39 is 17.1 Å². The van der Waals surface area contributed by atoms with Gasteiger partial charge in [-0.25, -0.2) is 4.39 Å². The van der Waals surface area contributed by atoms with E-state index in [2.05, 4.69) is 15.6 Å². The van der Waals surface area contributed by atoms with Gasteiger partial charge in [0.05, 0.1) is 17.5 Å². The summed E-state index contributed by atoms with van der Waals surface area (Å²) in [6.45, 7) is 7.23. The number of amides is 2. The first-order chi connectivity index (χ1) is 20.7. The van der Waals surface area contributed by atoms with Gasteiger partial charge in [-0.3, -0.25) is 14.6 Å². The number of pyridine rings is 1. The first kappa shape index (κ1) is 28.3. The molecule has 1 aliphatic carbocycles. The molecule has 0 unspecified atom stereocenters. The van der Waals surface area contributed by atoms with Gasteiger partial charge in [0.25, 0.3) is 0 Å². The smallest absolute Gasteiger partial charge is 0.240 e. The van der Waals surface area contributed by atoms with E-state index in [-0.39, 0.29) is 17.3 Å². The number of aryl methyl sites for hydroxylation is 1. The lowest BCUT2D eigenvalue weighted by Gasteiger charge is -2.24. The average Bonchev–Trinajstić information content (AvgIpc) is 3.81. The number of benzene rings is 3. The zero-order chi connectivity index (χ0) is 30.1. The number of rotatable bonds is 9. The van der Waals surface area contributed by atoms with Crippen LogP contribution < -0.4 is 29.6 Å². The van der Waals surface area contributed by atoms with Crippen molar-refractivity contribution in [3.63, 3.8) is 0 Å². The summed E-state index contributed by atoms with van der Waals surface area (Å²) in [5.74, 6) is 0.407. The molecule has 2 N–H and O–H groups in total. The van der Waals surface area contributed by atoms with Gasteiger partial charge in [0.15, 0.2) is 23.1 Å². The Morgan fingerprint density at radius 2 is 1.58 bits per heavy atom. The number of fused-ring (bicyclic) bond motifs is 3. The summed E-state index contributed by atoms with van der Waals surface area (Å²) in [7, 11) is 0. The summed E-state index contributed by atoms with van der Waals surface area (Å²) in [6.07, 6.45) is 2.38. The number of ether oxygens (including phenoxy) is 4. The molecule has 0 saturated heterocycles. The molecule has 2 heterocycles. The predicted molar refractivity (Wildman–Crippen MR) is 160 cm³/mol. The van der Waals surface area contributed by atoms with Gasteiger partial charge in [0.1, 0.15) is 24.4 Å². The highest BCUT2D eigenvalue weighted by molar-refractivity contribution is 6.16. The van der Waals surface area contributed by atoms with E-state index in [0.717, 1.165) is 11.6 Å². The third-order valence-corrected chi connectivity index (χ3v) is 7.35. The molecule has 222 valence electrons. The summed E-state index contributed by atoms with van der Waals surface area (Å²) in [4.78, 5) is 30.5. The van der Waals surface area contributed by atoms with Crippen LogP contribution in [0.25, 0.3) is 10.9 Å². The first-order valence-electron chi connectivity index (χ1n) is 14.2. The Kier molecular flexibility index (Phi) is 7.52. The Balaban J connectivity index is 1.20. The Morgan fingerprint density at radius 1 is 0.907 bits per heavy atom. The third-order valence-electron chi connectivity index (χ3n) is 7.35. The van der Waals surface area contributed by atoms with Crippen molar-refractivity contribution in [1.82, 2.24) is 4.98 Å². The van der Waals surface area contributed by atoms with E-state index in [4.69, 9.17) is 18.9 Å². The molecule has 1 aliphatic heterocycles. The maximum absolute atomic E-state index is 15.3. The Labute approximate surface area is 248 Å². The maximum Gasteiger partial charge on any atom is 0.240 e. The number of nitrogens with one attached hydrogen (secondary N) is 2. The van der Waals surface area contributed by atoms with Crippen molar-refractivity contribution in [2.24, 2.45) is 11.3 Å². The van der Waals surface area contributed by atoms with E-state index in [1.807, 2.05) is 32.9 Å². The van der Waals surface area contributed by atoms with Crippen LogP contribution in [-0.2, 0) is 9.59 Å². The minimum Gasteiger partial charge on any atom is -0.489 e. The highest BCUT2D eigenvalue weighted by Crippen LogP contribution is 2.49. The van der Waals surface area contributed by atoms with E-state index in [9.17, 15) is 9.59 Å². The van der Waals surface area contributed by atoms with Crippen LogP contribution in [0.15, 0.2) is 60.8 Å². The van der Waals surface area contributed by atoms with Crippen LogP contribution in [-0.4, -0.2) is 36.6 Å². The molecule has 1 aromatic heterocycles. The monoisotopic (exact) mass is 585 g/mol. The van der Waals surface area contributed by atoms with Crippen molar-refractivity contribution in [3.05, 3.63) is 72.2 Å². The highest BCUT2D eigenvalue weighted by atomic mass is 19.1. The van der Waals surface area contributed by atoms with Gasteiger partial charge >= 0.3 is 0 Å². The van der Waals surface area contributed by atoms with Crippen LogP contribution in [0.1, 0.15) is 32.3 Å². The maximum atomic E-state index is 15.3. The predicted octanol–water partition coefficient (Wildman–Crippen LogP) is 6.64. The summed E-state index contributed by atoms with van der Waals surface area (Å²) in [5.41, 5.74) is 1.24. The molecule has 10 heteroatoms. The Hall–Kier alpha value is -4.86. The number of aromatic nitrogens is 1. The van der Waals surface area contributed by atoms with Crippen LogP contribution in [0.3, 0.4) is 0 Å². The minimum atomic E-state index is -1.19. The SMILES string of the molecule is Cc1ccc(NC(=O)C2(C(=O)Nc3ccc(Oc4ccnc5cc(OCC(C)C)c6c(c45)OCCO6)c(F)c3)CC2)cc1. The van der Waals surface area contributed by atoms with Crippen LogP contribution in [0.2, 0.25) is 0 Å². The second-order valence-electron chi connectivity index (χ2n) is 11.2. The zero-order valence-electron chi connectivity index (χ0n) is 24.2. The molecule has 0 spiro atoms. The molecule has 4 aromatic rings. The standard InChI is InChI=1S/C33H32FN3O6/c1-19(2)18-42-27-17-24-28(30-29(27)40-14-15-41-30)26(10-13-35-24)43-25-9-8-22(16-23(25)34)37-32(39)33(11-12-33)31(38)36-21-6-4-20(3)5-7-21/h4-10,13,16-17,19H,11-12,14-15,18H2,1-3H3,(H,36,38)(H,37,39). The van der Waals surface area contributed by atoms with E-state index in [1.165, 1.54) is 12.1 Å². The molecular weight excluding hydrogens is 553 g/mol. The van der Waals surface area contributed by atoms with Crippen LogP contribution in [0.4, 0.5) is 15.8 Å². The van der Waals surface area contributed by atoms with Crippen molar-refractivity contribution in [2.45, 2.75) is 33.6 Å². The minimum absolute atomic E-state index is 0.0608. The summed E-state index contributed by atoms with van der Waals surface area (Å²) < 4.78 is 39.1. The third kappa shape index (κ3) is 5.77. The van der Waals surface area contributed by atoms with Gasteiger partial charge in [-0.1, -0.05) is 31.5 Å². The molecule has 0 radical (unpaired) electrons. The fourth-order valence-electron chi connectivity index (χ4n) is 4.82. The molecule has 3 aromatic carbocycles. The molecule has 1 saturated carbocycles. The average molecular weight is 586 g/mol. The Bertz CT molecular complexity index is 1700. The molecule has 2 aliphatic rings. The van der Waals surface area contributed by atoms with Gasteiger partial charge in [-0.2, -0.15) is 0 Å². The lowest BCUT2D eigenvalue weighted by molar-refractivity contribution is -0.131. The van der Waals surface area contributed by atoms with E-state index in [1.54, 1.807) is 30.5 Å². The van der Waals surface area contributed by atoms with Crippen molar-refractivity contribution in [3.8, 4) is 28.7 Å². The van der Waals surface area contributed by atoms with Gasteiger partial charge in [-0.05, 0) is 56.0 Å². The quantitative estimate of drug-likeness (QED) is 0.212. The van der Waals surface area contributed by atoms with Crippen molar-refractivity contribution >= 4 is 34.1 Å². The lowest BCUT2D eigenvalue weighted by Crippen LogP contribution is -2.35. The summed E-state index contributed by atoms with van der Waals surface area (Å²) in [6, 6.07) is 14.8. The second-order valence-corrected chi connectivity index (χ2v) is 11.2. The number of anilines is 2. The number of nitrogens with zero attached hydrogens (tertiary/aromatic N) is 1. The molecule has 43 heavy (non-hydrogen) atoms. The molecule has 2 amide bonds. The van der Waals surface area contributed by atoms with Crippen LogP contribution >= 0.6 is 0 Å². The van der Waals surface area contributed by atoms with Gasteiger partial charge < -0.3 is 29.6 Å². The first-order valence-corrected chi connectivity index (χ1v) is 14.2. The topological polar surface area (TPSA) is 108 Å². The largest absolute Gasteiger partial charge is 0.489 e. The lowest BCUT2D eigenvalue weighted by atomic mass is 10.0. The van der Waals surface area contributed by atoms with Gasteiger partial charge in [0.2, 0.25) is 17.6 Å². The number of carbonyl (C=O) groups is 2. The normalized spacial score (nSPS) is 14.7. The van der Waals surface area contributed by atoms with Crippen molar-refractivity contribution < 1.29 is 32.9 Å². The fourth-order valence-corrected chi connectivity index (χ4v) is 4.82. The number of hydrogen-bond donors (Lipinski definition) is 2. The van der Waals surface area contributed by atoms with Crippen molar-refractivity contribution in [1.29, 1.82) is 0 Å². The van der Waals surface area contributed by atoms with Gasteiger partial charge in [-0.15, -0.1) is 0 Å². The fraction of sp³-hybridized carbons (Fsp3) is 0.303. The highest BCUT2D eigenvalue weighted by Gasteiger charge is 2.56. The van der Waals surface area contributed by atoms with Crippen LogP contribution in [0, 0.1) is 24.1 Å². The Morgan fingerprint density at radius 3 is 2.26 bits per heavy atom. The second kappa shape index (κ2) is 11.4. The number of halogens is 1.